The first-order chi connectivity index (χ1) is 20.0. The number of unbranched alkanes of at least 4 members (excludes halogenated alkanes) is 1. The quantitative estimate of drug-likeness (QED) is 0.121. The largest absolute Gasteiger partial charge is 0.251 e. The topological polar surface area (TPSA) is 3.24 Å². The maximum Gasteiger partial charge on any atom is 0.132 e. The third kappa shape index (κ3) is 6.92. The van der Waals surface area contributed by atoms with Crippen molar-refractivity contribution < 1.29 is 8.78 Å². The van der Waals surface area contributed by atoms with E-state index in [1.54, 1.807) is 35.7 Å². The van der Waals surface area contributed by atoms with Gasteiger partial charge in [-0.05, 0) is 99.5 Å². The number of halogens is 2. The van der Waals surface area contributed by atoms with Gasteiger partial charge in [-0.25, -0.2) is 8.78 Å². The van der Waals surface area contributed by atoms with Crippen LogP contribution in [0.4, 0.5) is 8.78 Å². The summed E-state index contributed by atoms with van der Waals surface area (Å²) < 4.78 is 34.0. The van der Waals surface area contributed by atoms with Gasteiger partial charge in [-0.2, -0.15) is 0 Å². The molecule has 0 aliphatic carbocycles. The average molecular weight is 624 g/mol. The summed E-state index contributed by atoms with van der Waals surface area (Å²) in [6, 6.07) is 32.1. The van der Waals surface area contributed by atoms with Crippen molar-refractivity contribution in [3.8, 4) is 0 Å². The maximum absolute atomic E-state index is 15.7. The number of hydrogen-bond donors (Lipinski definition) is 0. The van der Waals surface area contributed by atoms with E-state index < -0.39 is 16.1 Å². The highest BCUT2D eigenvalue weighted by Gasteiger charge is 2.45. The van der Waals surface area contributed by atoms with Crippen molar-refractivity contribution in [1.82, 2.24) is 4.44 Å². The Morgan fingerprint density at radius 2 is 1.15 bits per heavy atom. The van der Waals surface area contributed by atoms with Gasteiger partial charge in [-0.15, -0.1) is 23.5 Å². The molecule has 1 fully saturated rings. The van der Waals surface area contributed by atoms with Gasteiger partial charge in [-0.3, -0.25) is 4.44 Å². The Morgan fingerprint density at radius 3 is 1.54 bits per heavy atom. The summed E-state index contributed by atoms with van der Waals surface area (Å²) >= 11 is 3.51. The summed E-state index contributed by atoms with van der Waals surface area (Å²) in [7, 11) is -2.25. The summed E-state index contributed by atoms with van der Waals surface area (Å²) in [6.07, 6.45) is 8.36. The minimum atomic E-state index is -1.43. The van der Waals surface area contributed by atoms with Crippen molar-refractivity contribution in [2.75, 3.05) is 19.1 Å². The van der Waals surface area contributed by atoms with Crippen molar-refractivity contribution in [2.24, 2.45) is 0 Å². The molecule has 0 N–H and O–H groups in total. The highest BCUT2D eigenvalue weighted by atomic mass is 32.2. The van der Waals surface area contributed by atoms with Crippen LogP contribution in [0.5, 0.6) is 0 Å². The van der Waals surface area contributed by atoms with Crippen molar-refractivity contribution in [1.29, 1.82) is 0 Å². The standard InChI is InChI=1S/C34H37F2NP2S2/c1-4-5-24-37(39(33-12-8-6-10-29(33)35)34-13-9-7-11-30(34)36)38-31(25-14-18-27(40-2)19-15-25)22-23-32(38)26-16-20-28(41-3)21-17-26/h6-21,31-32H,4-5,22-24H2,1-3H3/t31-,32-/m0/s1. The Kier molecular flexibility index (Phi) is 11.0. The van der Waals surface area contributed by atoms with Crippen LogP contribution in [0.25, 0.3) is 0 Å². The van der Waals surface area contributed by atoms with Gasteiger partial charge in [0.15, 0.2) is 0 Å². The zero-order chi connectivity index (χ0) is 28.8. The molecular formula is C34H37F2NP2S2. The highest BCUT2D eigenvalue weighted by Crippen LogP contribution is 2.76. The van der Waals surface area contributed by atoms with E-state index in [9.17, 15) is 0 Å². The monoisotopic (exact) mass is 623 g/mol. The summed E-state index contributed by atoms with van der Waals surface area (Å²) in [5.74, 6) is -0.501. The van der Waals surface area contributed by atoms with E-state index in [4.69, 9.17) is 0 Å². The van der Waals surface area contributed by atoms with Crippen LogP contribution < -0.4 is 10.6 Å². The molecule has 1 nitrogen and oxygen atoms in total. The second-order valence-corrected chi connectivity index (χ2v) is 16.8. The van der Waals surface area contributed by atoms with Gasteiger partial charge in [0, 0.05) is 46.3 Å². The van der Waals surface area contributed by atoms with Crippen LogP contribution in [0.2, 0.25) is 0 Å². The molecule has 0 aromatic heterocycles. The molecule has 1 aliphatic rings. The number of hydrogen-bond acceptors (Lipinski definition) is 3. The molecule has 5 rings (SSSR count). The van der Waals surface area contributed by atoms with E-state index in [1.165, 1.54) is 33.1 Å². The van der Waals surface area contributed by atoms with E-state index in [2.05, 4.69) is 72.4 Å². The highest BCUT2D eigenvalue weighted by molar-refractivity contribution is 7.98. The zero-order valence-electron chi connectivity index (χ0n) is 23.8. The van der Waals surface area contributed by atoms with Crippen molar-refractivity contribution in [3.05, 3.63) is 120 Å². The van der Waals surface area contributed by atoms with Gasteiger partial charge in [0.1, 0.15) is 11.6 Å². The summed E-state index contributed by atoms with van der Waals surface area (Å²) in [6.45, 7) is 3.02. The Morgan fingerprint density at radius 1 is 0.707 bits per heavy atom. The maximum atomic E-state index is 15.7. The molecule has 1 saturated heterocycles. The summed E-state index contributed by atoms with van der Waals surface area (Å²) in [5, 5.41) is 1.23. The van der Waals surface area contributed by atoms with Crippen molar-refractivity contribution in [3.63, 3.8) is 0 Å². The average Bonchev–Trinajstić information content (AvgIpc) is 3.45. The third-order valence-electron chi connectivity index (χ3n) is 7.72. The molecule has 0 spiro atoms. The molecule has 0 amide bonds. The van der Waals surface area contributed by atoms with Gasteiger partial charge in [-0.1, -0.05) is 61.9 Å². The van der Waals surface area contributed by atoms with Gasteiger partial charge >= 0.3 is 0 Å². The lowest BCUT2D eigenvalue weighted by Gasteiger charge is -2.42. The van der Waals surface area contributed by atoms with Crippen molar-refractivity contribution in [2.45, 2.75) is 53.7 Å². The number of thioether (sulfide) groups is 2. The number of nitrogens with zero attached hydrogens (tertiary/aromatic N) is 1. The van der Waals surface area contributed by atoms with Crippen LogP contribution in [0.15, 0.2) is 107 Å². The Labute approximate surface area is 255 Å². The lowest BCUT2D eigenvalue weighted by molar-refractivity contribution is 0.617. The molecule has 1 aliphatic heterocycles. The Balaban J connectivity index is 1.69. The molecule has 7 heteroatoms. The van der Waals surface area contributed by atoms with Crippen LogP contribution in [0.1, 0.15) is 55.1 Å². The van der Waals surface area contributed by atoms with E-state index in [1.807, 2.05) is 24.3 Å². The fourth-order valence-corrected chi connectivity index (χ4v) is 14.0. The van der Waals surface area contributed by atoms with Gasteiger partial charge in [0.2, 0.25) is 0 Å². The molecule has 4 aromatic rings. The minimum Gasteiger partial charge on any atom is -0.251 e. The minimum absolute atomic E-state index is 0.251. The van der Waals surface area contributed by atoms with Gasteiger partial charge in [0.05, 0.1) is 0 Å². The predicted octanol–water partition coefficient (Wildman–Crippen LogP) is 10.5. The molecular weight excluding hydrogens is 586 g/mol. The Bertz CT molecular complexity index is 1320. The van der Waals surface area contributed by atoms with Gasteiger partial charge < -0.3 is 0 Å². The number of benzene rings is 4. The molecule has 41 heavy (non-hydrogen) atoms. The van der Waals surface area contributed by atoms with E-state index in [-0.39, 0.29) is 11.6 Å². The summed E-state index contributed by atoms with van der Waals surface area (Å²) in [5.41, 5.74) is 3.34. The van der Waals surface area contributed by atoms with Gasteiger partial charge in [0.25, 0.3) is 0 Å². The SMILES string of the molecule is CCCCN(P(c1ccccc1F)c1ccccc1F)P1[C@H](c2ccc(SC)cc2)CC[C@H]1c1ccc(SC)cc1. The molecule has 214 valence electrons. The first kappa shape index (κ1) is 30.7. The van der Waals surface area contributed by atoms with Crippen LogP contribution in [0, 0.1) is 11.6 Å². The fourth-order valence-electron chi connectivity index (χ4n) is 5.65. The first-order valence-corrected chi connectivity index (χ1v) is 19.4. The molecule has 2 atom stereocenters. The molecule has 1 heterocycles. The fraction of sp³-hybridized carbons (Fsp3) is 0.294. The van der Waals surface area contributed by atoms with Crippen LogP contribution >= 0.6 is 39.7 Å². The lowest BCUT2D eigenvalue weighted by Crippen LogP contribution is -2.30. The second-order valence-electron chi connectivity index (χ2n) is 10.2. The Hall–Kier alpha value is -1.74. The molecule has 0 bridgehead atoms. The zero-order valence-corrected chi connectivity index (χ0v) is 27.3. The number of rotatable bonds is 11. The van der Waals surface area contributed by atoms with E-state index >= 15 is 8.78 Å². The van der Waals surface area contributed by atoms with E-state index in [0.717, 1.165) is 32.2 Å². The second kappa shape index (κ2) is 14.6. The van der Waals surface area contributed by atoms with Crippen LogP contribution in [0.3, 0.4) is 0 Å². The van der Waals surface area contributed by atoms with E-state index in [0.29, 0.717) is 21.9 Å². The van der Waals surface area contributed by atoms with Crippen LogP contribution in [-0.4, -0.2) is 23.5 Å². The molecule has 0 saturated carbocycles. The normalized spacial score (nSPS) is 17.5. The lowest BCUT2D eigenvalue weighted by atomic mass is 10.0. The van der Waals surface area contributed by atoms with Crippen molar-refractivity contribution >= 4 is 50.3 Å². The predicted molar refractivity (Wildman–Crippen MR) is 179 cm³/mol. The molecule has 0 unspecified atom stereocenters. The van der Waals surface area contributed by atoms with Crippen LogP contribution in [-0.2, 0) is 0 Å². The summed E-state index contributed by atoms with van der Waals surface area (Å²) in [4.78, 5) is 2.51. The first-order valence-electron chi connectivity index (χ1n) is 14.2. The third-order valence-corrected chi connectivity index (χ3v) is 15.8. The smallest absolute Gasteiger partial charge is 0.132 e. The molecule has 4 aromatic carbocycles. The molecule has 0 radical (unpaired) electrons.